The van der Waals surface area contributed by atoms with E-state index in [9.17, 15) is 0 Å². The monoisotopic (exact) mass is 159 g/mol. The minimum atomic E-state index is 0.500. The van der Waals surface area contributed by atoms with Gasteiger partial charge in [-0.15, -0.1) is 0 Å². The quantitative estimate of drug-likeness (QED) is 0.658. The van der Waals surface area contributed by atoms with Crippen molar-refractivity contribution in [3.05, 3.63) is 0 Å². The smallest absolute Gasteiger partial charge is 0.00516 e. The Labute approximate surface area is 72.4 Å². The third-order valence-electron chi connectivity index (χ3n) is 1.10. The van der Waals surface area contributed by atoms with Crippen molar-refractivity contribution in [1.29, 1.82) is 0 Å². The highest BCUT2D eigenvalue weighted by Crippen LogP contribution is 2.08. The Morgan fingerprint density at radius 3 is 1.45 bits per heavy atom. The van der Waals surface area contributed by atoms with E-state index in [1.54, 1.807) is 0 Å². The SMILES string of the molecule is CC(C)(C)C.CCC(C)CN. The molecule has 0 aromatic carbocycles. The van der Waals surface area contributed by atoms with Crippen LogP contribution in [0.1, 0.15) is 48.0 Å². The molecule has 0 saturated heterocycles. The van der Waals surface area contributed by atoms with Gasteiger partial charge in [-0.25, -0.2) is 0 Å². The van der Waals surface area contributed by atoms with Gasteiger partial charge in [-0.1, -0.05) is 48.0 Å². The van der Waals surface area contributed by atoms with Gasteiger partial charge in [-0.05, 0) is 17.9 Å². The summed E-state index contributed by atoms with van der Waals surface area (Å²) < 4.78 is 0. The van der Waals surface area contributed by atoms with Crippen LogP contribution < -0.4 is 5.73 Å². The molecule has 1 atom stereocenters. The van der Waals surface area contributed by atoms with Gasteiger partial charge >= 0.3 is 0 Å². The Kier molecular flexibility index (Phi) is 8.20. The fourth-order valence-electron chi connectivity index (χ4n) is 0.167. The lowest BCUT2D eigenvalue weighted by molar-refractivity contribution is 0.469. The summed E-state index contributed by atoms with van der Waals surface area (Å²) in [5.74, 6) is 0.713. The molecule has 0 aliphatic rings. The first-order valence-electron chi connectivity index (χ1n) is 4.51. The van der Waals surface area contributed by atoms with E-state index in [0.717, 1.165) is 6.54 Å². The lowest BCUT2D eigenvalue weighted by Gasteiger charge is -2.05. The highest BCUT2D eigenvalue weighted by molar-refractivity contribution is 4.47. The predicted octanol–water partition coefficient (Wildman–Crippen LogP) is 3.04. The van der Waals surface area contributed by atoms with E-state index in [2.05, 4.69) is 41.5 Å². The maximum atomic E-state index is 5.28. The Hall–Kier alpha value is -0.0400. The van der Waals surface area contributed by atoms with Crippen molar-refractivity contribution in [3.63, 3.8) is 0 Å². The Balaban J connectivity index is 0. The van der Waals surface area contributed by atoms with Gasteiger partial charge in [0.25, 0.3) is 0 Å². The molecule has 0 saturated carbocycles. The van der Waals surface area contributed by atoms with Gasteiger partial charge in [-0.2, -0.15) is 0 Å². The van der Waals surface area contributed by atoms with E-state index in [1.807, 2.05) is 0 Å². The highest BCUT2D eigenvalue weighted by atomic mass is 14.5. The summed E-state index contributed by atoms with van der Waals surface area (Å²) in [5, 5.41) is 0. The average Bonchev–Trinajstić information content (AvgIpc) is 1.83. The summed E-state index contributed by atoms with van der Waals surface area (Å²) in [6, 6.07) is 0. The number of rotatable bonds is 2. The van der Waals surface area contributed by atoms with Crippen molar-refractivity contribution in [2.75, 3.05) is 6.54 Å². The van der Waals surface area contributed by atoms with Crippen molar-refractivity contribution in [2.24, 2.45) is 17.1 Å². The molecule has 0 aliphatic carbocycles. The number of hydrogen-bond donors (Lipinski definition) is 1. The molecule has 0 aromatic heterocycles. The van der Waals surface area contributed by atoms with Gasteiger partial charge in [-0.3, -0.25) is 0 Å². The molecule has 0 radical (unpaired) electrons. The van der Waals surface area contributed by atoms with Crippen molar-refractivity contribution in [2.45, 2.75) is 48.0 Å². The fourth-order valence-corrected chi connectivity index (χ4v) is 0.167. The van der Waals surface area contributed by atoms with Crippen LogP contribution in [0.4, 0.5) is 0 Å². The highest BCUT2D eigenvalue weighted by Gasteiger charge is 1.95. The second kappa shape index (κ2) is 6.66. The molecule has 0 aromatic rings. The minimum absolute atomic E-state index is 0.500. The zero-order chi connectivity index (χ0) is 9.49. The van der Waals surface area contributed by atoms with Crippen LogP contribution in [0.2, 0.25) is 0 Å². The standard InChI is InChI=1S/C5H13N.C5H12/c1-3-5(2)4-6;1-5(2,3)4/h5H,3-4,6H2,1-2H3;1-4H3. The van der Waals surface area contributed by atoms with Crippen LogP contribution in [-0.2, 0) is 0 Å². The van der Waals surface area contributed by atoms with Gasteiger partial charge in [0.1, 0.15) is 0 Å². The topological polar surface area (TPSA) is 26.0 Å². The van der Waals surface area contributed by atoms with Gasteiger partial charge in [0.05, 0.1) is 0 Å². The molecule has 1 nitrogen and oxygen atoms in total. The third-order valence-corrected chi connectivity index (χ3v) is 1.10. The van der Waals surface area contributed by atoms with E-state index in [1.165, 1.54) is 6.42 Å². The van der Waals surface area contributed by atoms with Crippen molar-refractivity contribution >= 4 is 0 Å². The van der Waals surface area contributed by atoms with Crippen LogP contribution >= 0.6 is 0 Å². The molecule has 2 N–H and O–H groups in total. The van der Waals surface area contributed by atoms with Crippen LogP contribution in [0.25, 0.3) is 0 Å². The van der Waals surface area contributed by atoms with Gasteiger partial charge < -0.3 is 5.73 Å². The molecule has 70 valence electrons. The predicted molar refractivity (Wildman–Crippen MR) is 53.6 cm³/mol. The molecular formula is C10H25N. The maximum Gasteiger partial charge on any atom is -0.00516 e. The van der Waals surface area contributed by atoms with Gasteiger partial charge in [0, 0.05) is 0 Å². The van der Waals surface area contributed by atoms with E-state index in [-0.39, 0.29) is 0 Å². The Morgan fingerprint density at radius 2 is 1.45 bits per heavy atom. The maximum absolute atomic E-state index is 5.28. The van der Waals surface area contributed by atoms with Crippen LogP contribution in [0.15, 0.2) is 0 Å². The largest absolute Gasteiger partial charge is 0.330 e. The first kappa shape index (κ1) is 13.5. The molecule has 0 rings (SSSR count). The molecular weight excluding hydrogens is 134 g/mol. The third kappa shape index (κ3) is 40.2. The first-order chi connectivity index (χ1) is 4.81. The Morgan fingerprint density at radius 1 is 1.18 bits per heavy atom. The molecule has 0 heterocycles. The minimum Gasteiger partial charge on any atom is -0.330 e. The summed E-state index contributed by atoms with van der Waals surface area (Å²) in [6.45, 7) is 13.9. The summed E-state index contributed by atoms with van der Waals surface area (Å²) in [7, 11) is 0. The lowest BCUT2D eigenvalue weighted by Crippen LogP contribution is -2.08. The average molecular weight is 159 g/mol. The molecule has 0 aliphatic heterocycles. The van der Waals surface area contributed by atoms with Crippen LogP contribution in [-0.4, -0.2) is 6.54 Å². The van der Waals surface area contributed by atoms with Crippen LogP contribution in [0.3, 0.4) is 0 Å². The van der Waals surface area contributed by atoms with Crippen molar-refractivity contribution in [3.8, 4) is 0 Å². The van der Waals surface area contributed by atoms with Crippen LogP contribution in [0.5, 0.6) is 0 Å². The molecule has 0 fully saturated rings. The lowest BCUT2D eigenvalue weighted by atomic mass is 10.0. The van der Waals surface area contributed by atoms with Crippen LogP contribution in [0, 0.1) is 11.3 Å². The normalized spacial score (nSPS) is 13.4. The summed E-state index contributed by atoms with van der Waals surface area (Å²) in [5.41, 5.74) is 5.78. The summed E-state index contributed by atoms with van der Waals surface area (Å²) in [4.78, 5) is 0. The van der Waals surface area contributed by atoms with Crippen molar-refractivity contribution < 1.29 is 0 Å². The fraction of sp³-hybridized carbons (Fsp3) is 1.00. The van der Waals surface area contributed by atoms with E-state index >= 15 is 0 Å². The second-order valence-corrected chi connectivity index (χ2v) is 4.75. The zero-order valence-corrected chi connectivity index (χ0v) is 9.07. The van der Waals surface area contributed by atoms with E-state index in [0.29, 0.717) is 11.3 Å². The molecule has 0 amide bonds. The molecule has 0 bridgehead atoms. The first-order valence-corrected chi connectivity index (χ1v) is 4.51. The second-order valence-electron chi connectivity index (χ2n) is 4.75. The zero-order valence-electron chi connectivity index (χ0n) is 9.07. The van der Waals surface area contributed by atoms with E-state index in [4.69, 9.17) is 5.73 Å². The summed E-state index contributed by atoms with van der Waals surface area (Å²) in [6.07, 6.45) is 1.20. The number of nitrogens with two attached hydrogens (primary N) is 1. The van der Waals surface area contributed by atoms with Crippen molar-refractivity contribution in [1.82, 2.24) is 0 Å². The molecule has 1 heteroatoms. The molecule has 0 spiro atoms. The Bertz CT molecular complexity index is 61.4. The number of hydrogen-bond acceptors (Lipinski definition) is 1. The summed E-state index contributed by atoms with van der Waals surface area (Å²) >= 11 is 0. The van der Waals surface area contributed by atoms with Gasteiger partial charge in [0.2, 0.25) is 0 Å². The molecule has 1 unspecified atom stereocenters. The van der Waals surface area contributed by atoms with E-state index < -0.39 is 0 Å². The van der Waals surface area contributed by atoms with Gasteiger partial charge in [0.15, 0.2) is 0 Å². The molecule has 11 heavy (non-hydrogen) atoms.